The van der Waals surface area contributed by atoms with Crippen LogP contribution < -0.4 is 5.32 Å². The Hall–Kier alpha value is -1.19. The number of halogens is 6. The summed E-state index contributed by atoms with van der Waals surface area (Å²) in [7, 11) is 1.21. The highest BCUT2D eigenvalue weighted by atomic mass is 35.5. The van der Waals surface area contributed by atoms with Crippen LogP contribution in [0.4, 0.5) is 5.00 Å². The maximum atomic E-state index is 13.6. The van der Waals surface area contributed by atoms with Crippen LogP contribution in [0.1, 0.15) is 15.2 Å². The zero-order valence-electron chi connectivity index (χ0n) is 17.8. The predicted octanol–water partition coefficient (Wildman–Crippen LogP) is 6.61. The first-order chi connectivity index (χ1) is 16.3. The first-order valence-corrected chi connectivity index (χ1v) is 13.0. The average molecular weight is 618 g/mol. The normalized spacial score (nSPS) is 28.8. The van der Waals surface area contributed by atoms with Gasteiger partial charge in [0.15, 0.2) is 4.33 Å². The van der Waals surface area contributed by atoms with Crippen LogP contribution in [-0.2, 0) is 14.3 Å². The van der Waals surface area contributed by atoms with Crippen molar-refractivity contribution in [3.05, 3.63) is 50.8 Å². The van der Waals surface area contributed by atoms with E-state index in [0.29, 0.717) is 10.4 Å². The van der Waals surface area contributed by atoms with Gasteiger partial charge < -0.3 is 15.2 Å². The molecule has 0 radical (unpaired) electrons. The number of aliphatic carboxylic acids is 1. The van der Waals surface area contributed by atoms with Gasteiger partial charge in [-0.3, -0.25) is 9.59 Å². The molecule has 35 heavy (non-hydrogen) atoms. The number of ether oxygens (including phenoxy) is 1. The van der Waals surface area contributed by atoms with E-state index in [1.54, 1.807) is 31.2 Å². The molecule has 13 heteroatoms. The second kappa shape index (κ2) is 8.98. The van der Waals surface area contributed by atoms with E-state index in [2.05, 4.69) is 5.32 Å². The minimum absolute atomic E-state index is 0.0940. The number of anilines is 1. The van der Waals surface area contributed by atoms with Crippen molar-refractivity contribution < 1.29 is 24.2 Å². The minimum Gasteiger partial charge on any atom is -0.481 e. The molecule has 2 bridgehead atoms. The molecule has 1 amide bonds. The zero-order chi connectivity index (χ0) is 26.1. The Balaban J connectivity index is 1.84. The molecule has 2 aliphatic carbocycles. The molecule has 2 aromatic rings. The Bertz CT molecular complexity index is 1290. The van der Waals surface area contributed by atoms with E-state index in [0.717, 1.165) is 16.9 Å². The van der Waals surface area contributed by atoms with Crippen molar-refractivity contribution in [3.63, 3.8) is 0 Å². The summed E-state index contributed by atoms with van der Waals surface area (Å²) in [5, 5.41) is 12.1. The molecule has 1 heterocycles. The lowest BCUT2D eigenvalue weighted by atomic mass is 9.81. The summed E-state index contributed by atoms with van der Waals surface area (Å²) in [5.74, 6) is -6.49. The van der Waals surface area contributed by atoms with Gasteiger partial charge in [-0.05, 0) is 12.5 Å². The van der Waals surface area contributed by atoms with Crippen LogP contribution in [0.2, 0.25) is 0 Å². The lowest BCUT2D eigenvalue weighted by Gasteiger charge is -2.33. The topological polar surface area (TPSA) is 92.7 Å². The molecule has 0 spiro atoms. The van der Waals surface area contributed by atoms with Crippen LogP contribution in [0.5, 0.6) is 0 Å². The number of nitrogens with one attached hydrogen (secondary N) is 1. The number of carbonyl (C=O) groups excluding carboxylic acids is 2. The number of methoxy groups -OCH3 is 1. The molecule has 4 rings (SSSR count). The summed E-state index contributed by atoms with van der Waals surface area (Å²) < 4.78 is 2.71. The smallest absolute Gasteiger partial charge is 0.341 e. The van der Waals surface area contributed by atoms with E-state index in [1.807, 2.05) is 6.07 Å². The van der Waals surface area contributed by atoms with Crippen molar-refractivity contribution in [2.24, 2.45) is 11.8 Å². The Morgan fingerprint density at radius 3 is 2.06 bits per heavy atom. The van der Waals surface area contributed by atoms with Gasteiger partial charge in [0.2, 0.25) is 5.91 Å². The molecule has 0 saturated heterocycles. The third kappa shape index (κ3) is 3.46. The molecule has 1 fully saturated rings. The molecule has 2 aliphatic rings. The van der Waals surface area contributed by atoms with E-state index in [-0.39, 0.29) is 20.6 Å². The summed E-state index contributed by atoms with van der Waals surface area (Å²) >= 11 is 39.9. The number of allylic oxidation sites excluding steroid dienone is 2. The number of hydrogen-bond donors (Lipinski definition) is 2. The van der Waals surface area contributed by atoms with Gasteiger partial charge in [-0.15, -0.1) is 34.5 Å². The summed E-state index contributed by atoms with van der Waals surface area (Å²) in [6.45, 7) is 1.77. The van der Waals surface area contributed by atoms with E-state index in [9.17, 15) is 19.5 Å². The van der Waals surface area contributed by atoms with Crippen molar-refractivity contribution >= 4 is 104 Å². The lowest BCUT2D eigenvalue weighted by molar-refractivity contribution is -0.146. The van der Waals surface area contributed by atoms with E-state index in [4.69, 9.17) is 74.3 Å². The predicted molar refractivity (Wildman–Crippen MR) is 139 cm³/mol. The standard InChI is InChI=1S/C22H15Cl6NO5S/c1-8-10(9-6-4-3-5-7-9)11(19(33)34-2)17(35-8)29-16(30)12-13(18(31)32)21(26)15(24)14(23)20(12,25)22(21,27)28/h3-7,12-13H,1-2H3,(H,29,30)(H,31,32)/t12-,13+,20+,21+/m1/s1. The fourth-order valence-corrected chi connectivity index (χ4v) is 8.70. The number of carboxylic acids is 1. The highest BCUT2D eigenvalue weighted by Crippen LogP contribution is 2.76. The Labute approximate surface area is 234 Å². The van der Waals surface area contributed by atoms with Gasteiger partial charge in [-0.2, -0.15) is 0 Å². The molecule has 1 aromatic heterocycles. The summed E-state index contributed by atoms with van der Waals surface area (Å²) in [6.07, 6.45) is 0. The third-order valence-corrected chi connectivity index (χ3v) is 11.5. The molecule has 0 aliphatic heterocycles. The molecule has 1 aromatic carbocycles. The van der Waals surface area contributed by atoms with Gasteiger partial charge in [-0.25, -0.2) is 4.79 Å². The number of fused-ring (bicyclic) bond motifs is 2. The molecular weight excluding hydrogens is 603 g/mol. The number of hydrogen-bond acceptors (Lipinski definition) is 5. The summed E-state index contributed by atoms with van der Waals surface area (Å²) in [4.78, 5) is 35.0. The van der Waals surface area contributed by atoms with E-state index >= 15 is 0 Å². The van der Waals surface area contributed by atoms with Crippen molar-refractivity contribution in [3.8, 4) is 11.1 Å². The van der Waals surface area contributed by atoms with Gasteiger partial charge in [0.1, 0.15) is 20.3 Å². The summed E-state index contributed by atoms with van der Waals surface area (Å²) in [6, 6.07) is 9.02. The number of thiophene rings is 1. The second-order valence-corrected chi connectivity index (χ2v) is 12.5. The van der Waals surface area contributed by atoms with Gasteiger partial charge >= 0.3 is 11.9 Å². The highest BCUT2D eigenvalue weighted by molar-refractivity contribution is 7.17. The van der Waals surface area contributed by atoms with E-state index in [1.165, 1.54) is 7.11 Å². The SMILES string of the molecule is COC(=O)c1c(NC(=O)[C@H]2[C@@H](C(=O)O)[C@]3(Cl)C(Cl)=C(Cl)[C@]2(Cl)C3(Cl)Cl)sc(C)c1-c1ccccc1. The van der Waals surface area contributed by atoms with Crippen LogP contribution in [0.15, 0.2) is 40.4 Å². The Kier molecular flexibility index (Phi) is 6.89. The number of carbonyl (C=O) groups is 3. The van der Waals surface area contributed by atoms with Gasteiger partial charge in [-0.1, -0.05) is 76.7 Å². The number of alkyl halides is 4. The van der Waals surface area contributed by atoms with Crippen LogP contribution in [0.25, 0.3) is 11.1 Å². The monoisotopic (exact) mass is 615 g/mol. The Morgan fingerprint density at radius 2 is 1.54 bits per heavy atom. The molecule has 1 saturated carbocycles. The van der Waals surface area contributed by atoms with Crippen LogP contribution in [0, 0.1) is 18.8 Å². The molecule has 4 atom stereocenters. The number of benzene rings is 1. The largest absolute Gasteiger partial charge is 0.481 e. The maximum Gasteiger partial charge on any atom is 0.341 e. The van der Waals surface area contributed by atoms with Crippen LogP contribution in [0.3, 0.4) is 0 Å². The maximum absolute atomic E-state index is 13.6. The van der Waals surface area contributed by atoms with Crippen LogP contribution >= 0.6 is 80.9 Å². The van der Waals surface area contributed by atoms with Gasteiger partial charge in [0, 0.05) is 10.4 Å². The molecule has 2 N–H and O–H groups in total. The first kappa shape index (κ1) is 26.9. The van der Waals surface area contributed by atoms with Crippen molar-refractivity contribution in [2.75, 3.05) is 12.4 Å². The number of rotatable bonds is 5. The zero-order valence-corrected chi connectivity index (χ0v) is 23.1. The molecule has 186 valence electrons. The first-order valence-electron chi connectivity index (χ1n) is 9.89. The lowest BCUT2D eigenvalue weighted by Crippen LogP contribution is -2.47. The number of aryl methyl sites for hydroxylation is 1. The quantitative estimate of drug-likeness (QED) is 0.291. The minimum atomic E-state index is -2.24. The number of carboxylic acid groups (broad SMARTS) is 1. The van der Waals surface area contributed by atoms with Crippen LogP contribution in [-0.4, -0.2) is 44.1 Å². The second-order valence-electron chi connectivity index (χ2n) is 8.00. The van der Waals surface area contributed by atoms with E-state index < -0.39 is 43.8 Å². The molecular formula is C22H15Cl6NO5S. The highest BCUT2D eigenvalue weighted by Gasteiger charge is 2.85. The fraction of sp³-hybridized carbons (Fsp3) is 0.318. The van der Waals surface area contributed by atoms with Gasteiger partial charge in [0.25, 0.3) is 0 Å². The van der Waals surface area contributed by atoms with Gasteiger partial charge in [0.05, 0.1) is 29.0 Å². The van der Waals surface area contributed by atoms with Crippen molar-refractivity contribution in [1.82, 2.24) is 0 Å². The number of esters is 1. The fourth-order valence-electron chi connectivity index (χ4n) is 4.70. The van der Waals surface area contributed by atoms with Crippen molar-refractivity contribution in [1.29, 1.82) is 0 Å². The molecule has 0 unspecified atom stereocenters. The summed E-state index contributed by atoms with van der Waals surface area (Å²) in [5.41, 5.74) is 1.37. The van der Waals surface area contributed by atoms with Crippen molar-refractivity contribution in [2.45, 2.75) is 21.0 Å². The molecule has 6 nitrogen and oxygen atoms in total. The average Bonchev–Trinajstić information content (AvgIpc) is 3.24. The number of amides is 1. The Morgan fingerprint density at radius 1 is 1.00 bits per heavy atom. The third-order valence-electron chi connectivity index (χ3n) is 6.26.